The van der Waals surface area contributed by atoms with Gasteiger partial charge in [0, 0.05) is 19.1 Å². The van der Waals surface area contributed by atoms with Crippen LogP contribution in [0.15, 0.2) is 6.07 Å². The lowest BCUT2D eigenvalue weighted by atomic mass is 9.96. The molecule has 1 aromatic heterocycles. The maximum absolute atomic E-state index is 4.39. The smallest absolute Gasteiger partial charge is 0.151 e. The second-order valence-electron chi connectivity index (χ2n) is 5.40. The van der Waals surface area contributed by atoms with Gasteiger partial charge in [-0.05, 0) is 51.4 Å². The van der Waals surface area contributed by atoms with Crippen molar-refractivity contribution in [2.24, 2.45) is 0 Å². The van der Waals surface area contributed by atoms with E-state index in [0.29, 0.717) is 6.04 Å². The highest BCUT2D eigenvalue weighted by atomic mass is 15.3. The van der Waals surface area contributed by atoms with Crippen molar-refractivity contribution in [3.8, 4) is 0 Å². The molecule has 2 aliphatic rings. The lowest BCUT2D eigenvalue weighted by Crippen LogP contribution is -2.57. The van der Waals surface area contributed by atoms with Gasteiger partial charge >= 0.3 is 0 Å². The van der Waals surface area contributed by atoms with E-state index in [1.54, 1.807) is 0 Å². The van der Waals surface area contributed by atoms with Crippen molar-refractivity contribution in [1.29, 1.82) is 0 Å². The largest absolute Gasteiger partial charge is 0.352 e. The van der Waals surface area contributed by atoms with Crippen molar-refractivity contribution in [2.45, 2.75) is 31.7 Å². The number of anilines is 1. The van der Waals surface area contributed by atoms with E-state index < -0.39 is 0 Å². The first-order valence-corrected chi connectivity index (χ1v) is 6.51. The molecule has 0 aromatic carbocycles. The molecule has 0 atom stereocenters. The Morgan fingerprint density at radius 2 is 1.94 bits per heavy atom. The normalized spacial score (nSPS) is 20.3. The molecule has 3 rings (SSSR count). The lowest BCUT2D eigenvalue weighted by molar-refractivity contribution is 0.245. The average Bonchev–Trinajstić information content (AvgIpc) is 2.26. The van der Waals surface area contributed by atoms with Crippen molar-refractivity contribution in [3.05, 3.63) is 17.3 Å². The highest BCUT2D eigenvalue weighted by molar-refractivity contribution is 5.45. The van der Waals surface area contributed by atoms with Gasteiger partial charge in [0.25, 0.3) is 0 Å². The Balaban J connectivity index is 1.73. The molecule has 0 bridgehead atoms. The van der Waals surface area contributed by atoms with Crippen LogP contribution < -0.4 is 4.90 Å². The summed E-state index contributed by atoms with van der Waals surface area (Å²) in [6.45, 7) is 2.17. The van der Waals surface area contributed by atoms with Crippen LogP contribution in [0.5, 0.6) is 0 Å². The van der Waals surface area contributed by atoms with Crippen molar-refractivity contribution in [3.63, 3.8) is 0 Å². The first-order valence-electron chi connectivity index (χ1n) is 6.51. The molecule has 4 nitrogen and oxygen atoms in total. The molecule has 17 heavy (non-hydrogen) atoms. The van der Waals surface area contributed by atoms with Crippen molar-refractivity contribution >= 4 is 5.82 Å². The average molecular weight is 232 g/mol. The van der Waals surface area contributed by atoms with Gasteiger partial charge in [0.2, 0.25) is 0 Å². The quantitative estimate of drug-likeness (QED) is 0.764. The number of aromatic nitrogens is 2. The van der Waals surface area contributed by atoms with Gasteiger partial charge < -0.3 is 9.80 Å². The molecule has 0 radical (unpaired) electrons. The third-order valence-corrected chi connectivity index (χ3v) is 3.97. The van der Waals surface area contributed by atoms with E-state index >= 15 is 0 Å². The van der Waals surface area contributed by atoms with Gasteiger partial charge in [-0.3, -0.25) is 0 Å². The van der Waals surface area contributed by atoms with Gasteiger partial charge in [-0.2, -0.15) is 5.10 Å². The second kappa shape index (κ2) is 4.26. The van der Waals surface area contributed by atoms with Gasteiger partial charge in [0.15, 0.2) is 5.82 Å². The Morgan fingerprint density at radius 3 is 2.71 bits per heavy atom. The van der Waals surface area contributed by atoms with E-state index in [2.05, 4.69) is 40.2 Å². The summed E-state index contributed by atoms with van der Waals surface area (Å²) in [4.78, 5) is 4.61. The molecule has 1 aliphatic heterocycles. The van der Waals surface area contributed by atoms with Crippen LogP contribution in [-0.2, 0) is 12.8 Å². The predicted molar refractivity (Wildman–Crippen MR) is 68.4 cm³/mol. The molecule has 1 saturated heterocycles. The Kier molecular flexibility index (Phi) is 2.74. The SMILES string of the molecule is CN(C)C1CN(c2cc3c(nn2)CCCC3)C1. The summed E-state index contributed by atoms with van der Waals surface area (Å²) in [6.07, 6.45) is 4.87. The predicted octanol–water partition coefficient (Wildman–Crippen LogP) is 1.11. The van der Waals surface area contributed by atoms with Crippen molar-refractivity contribution < 1.29 is 0 Å². The second-order valence-corrected chi connectivity index (χ2v) is 5.40. The van der Waals surface area contributed by atoms with Gasteiger partial charge in [-0.15, -0.1) is 5.10 Å². The van der Waals surface area contributed by atoms with Crippen LogP contribution >= 0.6 is 0 Å². The van der Waals surface area contributed by atoms with E-state index in [0.717, 1.165) is 25.3 Å². The Morgan fingerprint density at radius 1 is 1.18 bits per heavy atom. The summed E-state index contributed by atoms with van der Waals surface area (Å²) in [5, 5.41) is 8.75. The minimum absolute atomic E-state index is 0.674. The van der Waals surface area contributed by atoms with E-state index in [1.807, 2.05) is 0 Å². The third kappa shape index (κ3) is 2.02. The number of nitrogens with zero attached hydrogens (tertiary/aromatic N) is 4. The fraction of sp³-hybridized carbons (Fsp3) is 0.692. The molecule has 92 valence electrons. The summed E-state index contributed by atoms with van der Waals surface area (Å²) in [6, 6.07) is 2.93. The molecule has 1 aliphatic carbocycles. The molecule has 2 heterocycles. The third-order valence-electron chi connectivity index (χ3n) is 3.97. The Hall–Kier alpha value is -1.16. The summed E-state index contributed by atoms with van der Waals surface area (Å²) in [5.41, 5.74) is 2.65. The first-order chi connectivity index (χ1) is 8.24. The van der Waals surface area contributed by atoms with Crippen LogP contribution in [0.3, 0.4) is 0 Å². The van der Waals surface area contributed by atoms with E-state index in [1.165, 1.54) is 30.5 Å². The van der Waals surface area contributed by atoms with Gasteiger partial charge in [-0.1, -0.05) is 0 Å². The summed E-state index contributed by atoms with van der Waals surface area (Å²) in [5.74, 6) is 1.07. The van der Waals surface area contributed by atoms with Gasteiger partial charge in [0.1, 0.15) is 0 Å². The Labute approximate surface area is 103 Å². The monoisotopic (exact) mass is 232 g/mol. The number of hydrogen-bond donors (Lipinski definition) is 0. The van der Waals surface area contributed by atoms with Crippen LogP contribution in [-0.4, -0.2) is 48.3 Å². The van der Waals surface area contributed by atoms with E-state index in [4.69, 9.17) is 0 Å². The molecule has 0 N–H and O–H groups in total. The lowest BCUT2D eigenvalue weighted by Gasteiger charge is -2.43. The van der Waals surface area contributed by atoms with Crippen LogP contribution in [0.1, 0.15) is 24.1 Å². The zero-order valence-corrected chi connectivity index (χ0v) is 10.7. The molecule has 4 heteroatoms. The van der Waals surface area contributed by atoms with Crippen LogP contribution in [0.4, 0.5) is 5.82 Å². The van der Waals surface area contributed by atoms with Gasteiger partial charge in [0.05, 0.1) is 5.69 Å². The zero-order valence-electron chi connectivity index (χ0n) is 10.7. The molecule has 0 amide bonds. The van der Waals surface area contributed by atoms with Crippen molar-refractivity contribution in [1.82, 2.24) is 15.1 Å². The summed E-state index contributed by atoms with van der Waals surface area (Å²) >= 11 is 0. The van der Waals surface area contributed by atoms with Crippen LogP contribution in [0.2, 0.25) is 0 Å². The molecule has 0 saturated carbocycles. The van der Waals surface area contributed by atoms with Crippen molar-refractivity contribution in [2.75, 3.05) is 32.1 Å². The van der Waals surface area contributed by atoms with Gasteiger partial charge in [-0.25, -0.2) is 0 Å². The number of hydrogen-bond acceptors (Lipinski definition) is 4. The number of likely N-dealkylation sites (N-methyl/N-ethyl adjacent to an activating group) is 1. The highest BCUT2D eigenvalue weighted by Gasteiger charge is 2.29. The number of rotatable bonds is 2. The fourth-order valence-corrected chi connectivity index (χ4v) is 2.60. The highest BCUT2D eigenvalue weighted by Crippen LogP contribution is 2.25. The van der Waals surface area contributed by atoms with Crippen LogP contribution in [0, 0.1) is 0 Å². The van der Waals surface area contributed by atoms with E-state index in [-0.39, 0.29) is 0 Å². The zero-order chi connectivity index (χ0) is 11.8. The van der Waals surface area contributed by atoms with E-state index in [9.17, 15) is 0 Å². The minimum atomic E-state index is 0.674. The molecular formula is C13H20N4. The fourth-order valence-electron chi connectivity index (χ4n) is 2.60. The first kappa shape index (κ1) is 11.0. The molecule has 1 aromatic rings. The maximum atomic E-state index is 4.39. The van der Waals surface area contributed by atoms with Crippen LogP contribution in [0.25, 0.3) is 0 Å². The summed E-state index contributed by atoms with van der Waals surface area (Å²) in [7, 11) is 4.28. The Bertz CT molecular complexity index is 410. The number of aryl methyl sites for hydroxylation is 2. The molecular weight excluding hydrogens is 212 g/mol. The molecule has 0 spiro atoms. The standard InChI is InChI=1S/C13H20N4/c1-16(2)11-8-17(9-11)13-7-10-5-3-4-6-12(10)14-15-13/h7,11H,3-6,8-9H2,1-2H3. The maximum Gasteiger partial charge on any atom is 0.151 e. The minimum Gasteiger partial charge on any atom is -0.352 e. The summed E-state index contributed by atoms with van der Waals surface area (Å²) < 4.78 is 0. The molecule has 1 fully saturated rings. The topological polar surface area (TPSA) is 32.3 Å². The number of fused-ring (bicyclic) bond motifs is 1. The molecule has 0 unspecified atom stereocenters.